The van der Waals surface area contributed by atoms with Crippen molar-refractivity contribution in [3.63, 3.8) is 0 Å². The quantitative estimate of drug-likeness (QED) is 0.329. The van der Waals surface area contributed by atoms with E-state index >= 15 is 0 Å². The zero-order valence-corrected chi connectivity index (χ0v) is 10.7. The third-order valence-electron chi connectivity index (χ3n) is 0.0714. The fourth-order valence-corrected chi connectivity index (χ4v) is 0. The molecule has 0 saturated carbocycles. The van der Waals surface area contributed by atoms with Crippen LogP contribution in [0.15, 0.2) is 0 Å². The van der Waals surface area contributed by atoms with Crippen molar-refractivity contribution in [3.05, 3.63) is 0 Å². The van der Waals surface area contributed by atoms with Crippen LogP contribution in [0, 0.1) is 0 Å². The summed E-state index contributed by atoms with van der Waals surface area (Å²) in [6.45, 7) is 0. The number of alkyl halides is 2. The van der Waals surface area contributed by atoms with E-state index in [0.29, 0.717) is 11.8 Å². The Bertz CT molecular complexity index is 107. The second kappa shape index (κ2) is 4.98. The molecule has 0 unspecified atom stereocenters. The van der Waals surface area contributed by atoms with Gasteiger partial charge in [-0.05, 0) is 0 Å². The largest absolute Gasteiger partial charge is 1.00 e. The molecule has 0 aromatic carbocycles. The summed E-state index contributed by atoms with van der Waals surface area (Å²) in [5.74, 6) is 1.11. The minimum atomic E-state index is -11.2. The third-order valence-corrected chi connectivity index (χ3v) is 0.643. The Balaban J connectivity index is -0.0000000600. The van der Waals surface area contributed by atoms with Crippen LogP contribution in [0.3, 0.4) is 0 Å². The standard InChI is InChI=1S/C2H4Cl2.Ag.6FH.Sb/c3-1-2-4;;;;;;;;/h1-2H2;;6*1H;/q;;;;;;;;+5/p-5. The van der Waals surface area contributed by atoms with Gasteiger partial charge in [-0.1, -0.05) is 0 Å². The van der Waals surface area contributed by atoms with Gasteiger partial charge in [-0.25, -0.2) is 0 Å². The molecule has 0 aromatic rings. The molecule has 0 nitrogen and oxygen atoms in total. The number of hydrogen-bond donors (Lipinski definition) is 0. The molecule has 0 aliphatic carbocycles. The van der Waals surface area contributed by atoms with Gasteiger partial charge >= 0.3 is 37.8 Å². The molecule has 85 valence electrons. The van der Waals surface area contributed by atoms with Crippen molar-refractivity contribution in [2.75, 3.05) is 11.8 Å². The minimum Gasteiger partial charge on any atom is 1.00 e. The van der Waals surface area contributed by atoms with E-state index in [-0.39, 0.29) is 23.8 Å². The Labute approximate surface area is 94.5 Å². The van der Waals surface area contributed by atoms with Gasteiger partial charge in [0.1, 0.15) is 0 Å². The molecule has 0 atom stereocenters. The predicted octanol–water partition coefficient (Wildman–Crippen LogP) is 3.71. The normalized spacial score (nSPS) is 16.0. The summed E-state index contributed by atoms with van der Waals surface area (Å²) in [4.78, 5) is 0. The van der Waals surface area contributed by atoms with Crippen LogP contribution in [0.4, 0.5) is 16.9 Å². The van der Waals surface area contributed by atoms with E-state index < -0.39 is 19.5 Å². The first kappa shape index (κ1) is 19.3. The van der Waals surface area contributed by atoms with E-state index in [0.717, 1.165) is 0 Å². The molecule has 1 radical (unpaired) electrons. The predicted molar refractivity (Wildman–Crippen MR) is 35.0 cm³/mol. The maximum absolute atomic E-state index is 11.2. The number of hydrogen-bond acceptors (Lipinski definition) is 0. The van der Waals surface area contributed by atoms with Crippen LogP contribution in [0.5, 0.6) is 0 Å². The molecule has 0 amide bonds. The summed E-state index contributed by atoms with van der Waals surface area (Å²) in [6, 6.07) is 0. The maximum Gasteiger partial charge on any atom is 1.00 e. The average molecular weight is 444 g/mol. The summed E-state index contributed by atoms with van der Waals surface area (Å²) in [5, 5.41) is 0. The van der Waals surface area contributed by atoms with Gasteiger partial charge in [-0.3, -0.25) is 0 Å². The second-order valence-electron chi connectivity index (χ2n) is 1.34. The molecule has 0 aliphatic rings. The van der Waals surface area contributed by atoms with Crippen molar-refractivity contribution in [3.8, 4) is 0 Å². The van der Waals surface area contributed by atoms with Gasteiger partial charge in [0.25, 0.3) is 0 Å². The van der Waals surface area contributed by atoms with Crippen LogP contribution in [0.1, 0.15) is 1.43 Å². The first-order valence-corrected chi connectivity index (χ1v) is 8.91. The molecule has 0 rings (SSSR count). The van der Waals surface area contributed by atoms with E-state index in [1.165, 1.54) is 0 Å². The Morgan fingerprint density at radius 3 is 0.917 bits per heavy atom. The molecule has 0 aliphatic heterocycles. The fraction of sp³-hybridized carbons (Fsp3) is 1.00. The Hall–Kier alpha value is 1.72. The summed E-state index contributed by atoms with van der Waals surface area (Å²) >= 11 is -1.14. The molecule has 0 fully saturated rings. The maximum atomic E-state index is 9.93. The van der Waals surface area contributed by atoms with Gasteiger partial charge in [0, 0.05) is 34.1 Å². The van der Waals surface area contributed by atoms with Gasteiger partial charge in [-0.2, -0.15) is 0 Å². The molecule has 0 N–H and O–H groups in total. The minimum absolute atomic E-state index is 0. The van der Waals surface area contributed by atoms with Crippen molar-refractivity contribution in [1.82, 2.24) is 0 Å². The fourth-order valence-electron chi connectivity index (χ4n) is 0. The Morgan fingerprint density at radius 1 is 0.833 bits per heavy atom. The molecule has 0 saturated heterocycles. The molecule has 0 spiro atoms. The van der Waals surface area contributed by atoms with E-state index in [2.05, 4.69) is 0 Å². The summed E-state index contributed by atoms with van der Waals surface area (Å²) in [5.41, 5.74) is 0. The first-order valence-electron chi connectivity index (χ1n) is 2.05. The number of halogens is 8. The van der Waals surface area contributed by atoms with Crippen LogP contribution >= 0.6 is 23.2 Å². The topological polar surface area (TPSA) is 0 Å². The summed E-state index contributed by atoms with van der Waals surface area (Å²) in [7, 11) is 0. The monoisotopic (exact) mass is 441 g/mol. The van der Waals surface area contributed by atoms with Crippen molar-refractivity contribution < 1.29 is 40.7 Å². The van der Waals surface area contributed by atoms with Gasteiger partial charge in [0.05, 0.1) is 0 Å². The second-order valence-corrected chi connectivity index (χ2v) is 7.56. The van der Waals surface area contributed by atoms with Crippen LogP contribution in [0.2, 0.25) is 0 Å². The molecule has 0 heterocycles. The van der Waals surface area contributed by atoms with Crippen LogP contribution in [0.25, 0.3) is 0 Å². The Morgan fingerprint density at radius 2 is 0.917 bits per heavy atom. The van der Waals surface area contributed by atoms with Crippen LogP contribution in [-0.4, -0.2) is 31.2 Å². The van der Waals surface area contributed by atoms with Gasteiger partial charge < -0.3 is 0 Å². The van der Waals surface area contributed by atoms with Gasteiger partial charge in [0.15, 0.2) is 0 Å². The SMILES string of the molecule is ClCCCl.[Ag].[F][Sb-]([F])([F])([F])([F])[F].[H+]. The Kier molecular flexibility index (Phi) is 8.02. The number of rotatable bonds is 1. The van der Waals surface area contributed by atoms with Gasteiger partial charge in [0.2, 0.25) is 0 Å². The summed E-state index contributed by atoms with van der Waals surface area (Å²) in [6.07, 6.45) is 0. The molecular weight excluding hydrogens is 439 g/mol. The molecule has 0 aromatic heterocycles. The van der Waals surface area contributed by atoms with E-state index in [4.69, 9.17) is 23.2 Å². The van der Waals surface area contributed by atoms with Crippen LogP contribution in [-0.2, 0) is 22.4 Å². The zero-order chi connectivity index (χ0) is 9.82. The van der Waals surface area contributed by atoms with Gasteiger partial charge in [-0.15, -0.1) is 23.2 Å². The average Bonchev–Trinajstić information content (AvgIpc) is 1.57. The zero-order valence-electron chi connectivity index (χ0n) is 6.19. The van der Waals surface area contributed by atoms with E-state index in [1.807, 2.05) is 0 Å². The van der Waals surface area contributed by atoms with Crippen molar-refractivity contribution in [1.29, 1.82) is 0 Å². The molecule has 12 heavy (non-hydrogen) atoms. The van der Waals surface area contributed by atoms with Crippen molar-refractivity contribution in [2.24, 2.45) is 0 Å². The molecular formula is C2H5AgCl2F6Sb. The van der Waals surface area contributed by atoms with Crippen molar-refractivity contribution >= 4 is 42.7 Å². The smallest absolute Gasteiger partial charge is 1.00 e. The first-order chi connectivity index (χ1) is 4.36. The van der Waals surface area contributed by atoms with E-state index in [9.17, 15) is 16.9 Å². The van der Waals surface area contributed by atoms with Crippen molar-refractivity contribution in [2.45, 2.75) is 0 Å². The third kappa shape index (κ3) is 182. The molecule has 0 bridgehead atoms. The van der Waals surface area contributed by atoms with Crippen LogP contribution < -0.4 is 0 Å². The summed E-state index contributed by atoms with van der Waals surface area (Å²) < 4.78 is 59.6. The molecule has 10 heteroatoms. The van der Waals surface area contributed by atoms with E-state index in [1.54, 1.807) is 0 Å².